The zero-order chi connectivity index (χ0) is 14.8. The molecule has 1 unspecified atom stereocenters. The largest absolute Gasteiger partial charge is 0.388 e. The highest BCUT2D eigenvalue weighted by Gasteiger charge is 2.15. The van der Waals surface area contributed by atoms with Crippen molar-refractivity contribution in [3.63, 3.8) is 0 Å². The highest BCUT2D eigenvalue weighted by Crippen LogP contribution is 2.28. The summed E-state index contributed by atoms with van der Waals surface area (Å²) in [6, 6.07) is 4.19. The van der Waals surface area contributed by atoms with Crippen LogP contribution in [-0.2, 0) is 6.42 Å². The first-order valence-corrected chi connectivity index (χ1v) is 7.51. The van der Waals surface area contributed by atoms with Gasteiger partial charge in [0.1, 0.15) is 5.82 Å². The molecule has 0 saturated heterocycles. The first kappa shape index (κ1) is 14.0. The van der Waals surface area contributed by atoms with Gasteiger partial charge in [-0.3, -0.25) is 4.98 Å². The van der Waals surface area contributed by atoms with E-state index in [0.717, 1.165) is 41.9 Å². The van der Waals surface area contributed by atoms with Crippen LogP contribution in [0.15, 0.2) is 30.7 Å². The maximum Gasteiger partial charge on any atom is 0.129 e. The number of anilines is 1. The monoisotopic (exact) mass is 283 g/mol. The lowest BCUT2D eigenvalue weighted by Crippen LogP contribution is -2.13. The Morgan fingerprint density at radius 1 is 1.14 bits per heavy atom. The molecule has 0 spiro atoms. The van der Waals surface area contributed by atoms with E-state index in [1.54, 1.807) is 6.20 Å². The molecule has 4 nitrogen and oxygen atoms in total. The molecule has 1 aliphatic heterocycles. The highest BCUT2D eigenvalue weighted by atomic mass is 16.3. The van der Waals surface area contributed by atoms with Crippen LogP contribution in [0.1, 0.15) is 37.5 Å². The molecular formula is C17H21N3O. The number of hydrogen-bond donors (Lipinski definition) is 2. The Bertz CT molecular complexity index is 640. The van der Waals surface area contributed by atoms with E-state index in [9.17, 15) is 5.11 Å². The fourth-order valence-corrected chi connectivity index (χ4v) is 2.67. The summed E-state index contributed by atoms with van der Waals surface area (Å²) in [5.74, 6) is 1.17. The first-order valence-electron chi connectivity index (χ1n) is 7.51. The summed E-state index contributed by atoms with van der Waals surface area (Å²) in [6.07, 6.45) is 7.16. The Morgan fingerprint density at radius 2 is 1.95 bits per heavy atom. The second-order valence-electron chi connectivity index (χ2n) is 5.96. The summed E-state index contributed by atoms with van der Waals surface area (Å²) in [5.41, 5.74) is 4.18. The van der Waals surface area contributed by atoms with E-state index < -0.39 is 6.10 Å². The average molecular weight is 283 g/mol. The maximum atomic E-state index is 10.2. The predicted molar refractivity (Wildman–Crippen MR) is 84.1 cm³/mol. The van der Waals surface area contributed by atoms with Crippen LogP contribution in [0, 0.1) is 5.92 Å². The molecule has 21 heavy (non-hydrogen) atoms. The van der Waals surface area contributed by atoms with E-state index in [2.05, 4.69) is 21.4 Å². The smallest absolute Gasteiger partial charge is 0.129 e. The molecular weight excluding hydrogens is 262 g/mol. The molecule has 1 aliphatic rings. The van der Waals surface area contributed by atoms with Gasteiger partial charge in [0.2, 0.25) is 0 Å². The van der Waals surface area contributed by atoms with Crippen molar-refractivity contribution in [1.29, 1.82) is 0 Å². The van der Waals surface area contributed by atoms with Gasteiger partial charge in [-0.1, -0.05) is 13.8 Å². The van der Waals surface area contributed by atoms with Gasteiger partial charge in [-0.05, 0) is 42.0 Å². The van der Waals surface area contributed by atoms with Gasteiger partial charge in [-0.15, -0.1) is 0 Å². The Morgan fingerprint density at radius 3 is 2.76 bits per heavy atom. The van der Waals surface area contributed by atoms with Crippen LogP contribution in [0.25, 0.3) is 11.1 Å². The van der Waals surface area contributed by atoms with E-state index in [0.29, 0.717) is 0 Å². The van der Waals surface area contributed by atoms with Gasteiger partial charge in [0.15, 0.2) is 0 Å². The number of aliphatic hydroxyl groups is 1. The van der Waals surface area contributed by atoms with Crippen molar-refractivity contribution in [3.05, 3.63) is 41.9 Å². The summed E-state index contributed by atoms with van der Waals surface area (Å²) in [7, 11) is 0. The van der Waals surface area contributed by atoms with Crippen LogP contribution < -0.4 is 5.32 Å². The molecule has 2 N–H and O–H groups in total. The molecule has 0 saturated carbocycles. The van der Waals surface area contributed by atoms with Crippen molar-refractivity contribution in [2.24, 2.45) is 5.92 Å². The van der Waals surface area contributed by atoms with Crippen molar-refractivity contribution in [3.8, 4) is 11.1 Å². The van der Waals surface area contributed by atoms with Crippen LogP contribution in [0.2, 0.25) is 0 Å². The Kier molecular flexibility index (Phi) is 3.88. The Balaban J connectivity index is 1.95. The molecule has 2 aromatic heterocycles. The molecule has 2 aromatic rings. The number of rotatable bonds is 3. The third kappa shape index (κ3) is 2.90. The molecule has 0 radical (unpaired) electrons. The number of pyridine rings is 2. The summed E-state index contributed by atoms with van der Waals surface area (Å²) >= 11 is 0. The second kappa shape index (κ2) is 5.82. The predicted octanol–water partition coefficient (Wildman–Crippen LogP) is 3.19. The zero-order valence-electron chi connectivity index (χ0n) is 12.5. The number of aromatic nitrogens is 2. The van der Waals surface area contributed by atoms with Crippen LogP contribution in [0.4, 0.5) is 5.82 Å². The Hall–Kier alpha value is -1.94. The molecule has 1 atom stereocenters. The van der Waals surface area contributed by atoms with Gasteiger partial charge in [0.05, 0.1) is 6.10 Å². The zero-order valence-corrected chi connectivity index (χ0v) is 12.5. The third-order valence-electron chi connectivity index (χ3n) is 3.95. The highest BCUT2D eigenvalue weighted by molar-refractivity contribution is 5.66. The topological polar surface area (TPSA) is 58.0 Å². The fourth-order valence-electron chi connectivity index (χ4n) is 2.67. The Labute approximate surface area is 125 Å². The average Bonchev–Trinajstić information content (AvgIpc) is 2.53. The molecule has 0 aromatic carbocycles. The lowest BCUT2D eigenvalue weighted by molar-refractivity contribution is 0.126. The van der Waals surface area contributed by atoms with E-state index in [1.165, 1.54) is 5.56 Å². The minimum Gasteiger partial charge on any atom is -0.388 e. The number of fused-ring (bicyclic) bond motifs is 1. The fraction of sp³-hybridized carbons (Fsp3) is 0.412. The van der Waals surface area contributed by atoms with Gasteiger partial charge < -0.3 is 10.4 Å². The number of nitrogens with one attached hydrogen (secondary N) is 1. The molecule has 0 bridgehead atoms. The van der Waals surface area contributed by atoms with Crippen molar-refractivity contribution in [2.75, 3.05) is 11.9 Å². The van der Waals surface area contributed by atoms with Crippen LogP contribution in [0.5, 0.6) is 0 Å². The molecule has 110 valence electrons. The minimum atomic E-state index is -0.482. The standard InChI is InChI=1S/C17H21N3O/c1-11(2)16(21)15-7-13(8-18-9-15)14-6-12-4-3-5-19-17(12)20-10-14/h6-11,16,21H,3-5H2,1-2H3,(H,19,20). The van der Waals surface area contributed by atoms with Gasteiger partial charge in [-0.25, -0.2) is 4.98 Å². The van der Waals surface area contributed by atoms with E-state index >= 15 is 0 Å². The van der Waals surface area contributed by atoms with Crippen molar-refractivity contribution < 1.29 is 5.11 Å². The lowest BCUT2D eigenvalue weighted by atomic mass is 9.97. The van der Waals surface area contributed by atoms with Gasteiger partial charge in [-0.2, -0.15) is 0 Å². The second-order valence-corrected chi connectivity index (χ2v) is 5.96. The minimum absolute atomic E-state index is 0.174. The normalized spacial score (nSPS) is 15.4. The van der Waals surface area contributed by atoms with E-state index in [4.69, 9.17) is 0 Å². The number of aliphatic hydroxyl groups excluding tert-OH is 1. The van der Waals surface area contributed by atoms with Crippen molar-refractivity contribution in [2.45, 2.75) is 32.8 Å². The quantitative estimate of drug-likeness (QED) is 0.908. The number of hydrogen-bond acceptors (Lipinski definition) is 4. The third-order valence-corrected chi connectivity index (χ3v) is 3.95. The van der Waals surface area contributed by atoms with Crippen LogP contribution in [-0.4, -0.2) is 21.6 Å². The van der Waals surface area contributed by atoms with Gasteiger partial charge in [0, 0.05) is 36.3 Å². The van der Waals surface area contributed by atoms with E-state index in [1.807, 2.05) is 32.3 Å². The maximum absolute atomic E-state index is 10.2. The summed E-state index contributed by atoms with van der Waals surface area (Å²) < 4.78 is 0. The summed E-state index contributed by atoms with van der Waals surface area (Å²) in [6.45, 7) is 5.00. The lowest BCUT2D eigenvalue weighted by Gasteiger charge is -2.18. The van der Waals surface area contributed by atoms with Crippen LogP contribution in [0.3, 0.4) is 0 Å². The molecule has 3 rings (SSSR count). The molecule has 4 heteroatoms. The van der Waals surface area contributed by atoms with Crippen LogP contribution >= 0.6 is 0 Å². The number of nitrogens with zero attached hydrogens (tertiary/aromatic N) is 2. The molecule has 0 amide bonds. The molecule has 3 heterocycles. The molecule has 0 fully saturated rings. The van der Waals surface area contributed by atoms with E-state index in [-0.39, 0.29) is 5.92 Å². The summed E-state index contributed by atoms with van der Waals surface area (Å²) in [4.78, 5) is 8.78. The van der Waals surface area contributed by atoms with Crippen molar-refractivity contribution >= 4 is 5.82 Å². The van der Waals surface area contributed by atoms with Gasteiger partial charge >= 0.3 is 0 Å². The first-order chi connectivity index (χ1) is 10.1. The van der Waals surface area contributed by atoms with Gasteiger partial charge in [0.25, 0.3) is 0 Å². The summed E-state index contributed by atoms with van der Waals surface area (Å²) in [5, 5.41) is 13.5. The molecule has 0 aliphatic carbocycles. The number of aryl methyl sites for hydroxylation is 1. The SMILES string of the molecule is CC(C)C(O)c1cncc(-c2cnc3c(c2)CCCN3)c1. The van der Waals surface area contributed by atoms with Crippen molar-refractivity contribution in [1.82, 2.24) is 9.97 Å².